The van der Waals surface area contributed by atoms with E-state index in [0.29, 0.717) is 17.2 Å². The number of imidazole rings is 1. The molecule has 0 bridgehead atoms. The molecule has 2 N–H and O–H groups in total. The molecular weight excluding hydrogens is 330 g/mol. The van der Waals surface area contributed by atoms with Crippen LogP contribution in [-0.2, 0) is 10.0 Å². The molecule has 0 atom stereocenters. The molecule has 2 aromatic carbocycles. The van der Waals surface area contributed by atoms with Crippen molar-refractivity contribution >= 4 is 15.7 Å². The van der Waals surface area contributed by atoms with Gasteiger partial charge in [-0.05, 0) is 29.8 Å². The first-order valence-electron chi connectivity index (χ1n) is 7.13. The van der Waals surface area contributed by atoms with Gasteiger partial charge in [0.15, 0.2) is 11.5 Å². The number of anilines is 1. The second-order valence-electron chi connectivity index (χ2n) is 5.16. The van der Waals surface area contributed by atoms with E-state index in [1.54, 1.807) is 30.7 Å². The third-order valence-electron chi connectivity index (χ3n) is 3.60. The van der Waals surface area contributed by atoms with Crippen molar-refractivity contribution in [1.82, 2.24) is 9.97 Å². The van der Waals surface area contributed by atoms with E-state index in [1.807, 2.05) is 12.1 Å². The Kier molecular flexibility index (Phi) is 3.39. The van der Waals surface area contributed by atoms with E-state index in [0.717, 1.165) is 11.3 Å². The van der Waals surface area contributed by atoms with Crippen molar-refractivity contribution in [2.45, 2.75) is 4.90 Å². The molecule has 1 aromatic heterocycles. The second-order valence-corrected chi connectivity index (χ2v) is 6.85. The number of H-pyrrole nitrogens is 1. The molecule has 0 radical (unpaired) electrons. The van der Waals surface area contributed by atoms with E-state index in [9.17, 15) is 8.42 Å². The normalized spacial score (nSPS) is 13.0. The summed E-state index contributed by atoms with van der Waals surface area (Å²) in [6.45, 7) is 0.0985. The summed E-state index contributed by atoms with van der Waals surface area (Å²) in [5.41, 5.74) is 2.25. The molecule has 8 heteroatoms. The molecule has 0 amide bonds. The number of sulfonamides is 1. The van der Waals surface area contributed by atoms with Gasteiger partial charge < -0.3 is 14.5 Å². The van der Waals surface area contributed by atoms with Gasteiger partial charge in [0.05, 0.1) is 23.1 Å². The van der Waals surface area contributed by atoms with Gasteiger partial charge in [0.25, 0.3) is 10.0 Å². The van der Waals surface area contributed by atoms with Crippen LogP contribution in [0.5, 0.6) is 11.5 Å². The molecule has 1 aliphatic rings. The number of rotatable bonds is 4. The highest BCUT2D eigenvalue weighted by atomic mass is 32.2. The Morgan fingerprint density at radius 1 is 1.04 bits per heavy atom. The smallest absolute Gasteiger partial charge is 0.262 e. The number of benzene rings is 2. The summed E-state index contributed by atoms with van der Waals surface area (Å²) >= 11 is 0. The van der Waals surface area contributed by atoms with Crippen LogP contribution in [-0.4, -0.2) is 25.2 Å². The maximum absolute atomic E-state index is 12.5. The van der Waals surface area contributed by atoms with Crippen molar-refractivity contribution in [3.63, 3.8) is 0 Å². The Labute approximate surface area is 138 Å². The summed E-state index contributed by atoms with van der Waals surface area (Å²) in [7, 11) is -3.71. The summed E-state index contributed by atoms with van der Waals surface area (Å²) < 4.78 is 37.9. The molecule has 122 valence electrons. The molecule has 0 spiro atoms. The molecule has 0 fully saturated rings. The van der Waals surface area contributed by atoms with Crippen LogP contribution in [0.3, 0.4) is 0 Å². The van der Waals surface area contributed by atoms with Crippen molar-refractivity contribution in [2.75, 3.05) is 11.5 Å². The lowest BCUT2D eigenvalue weighted by atomic mass is 10.1. The van der Waals surface area contributed by atoms with Gasteiger partial charge in [-0.25, -0.2) is 13.4 Å². The van der Waals surface area contributed by atoms with Crippen molar-refractivity contribution in [3.05, 3.63) is 55.0 Å². The van der Waals surface area contributed by atoms with Gasteiger partial charge >= 0.3 is 0 Å². The van der Waals surface area contributed by atoms with Crippen LogP contribution in [0.1, 0.15) is 0 Å². The zero-order chi connectivity index (χ0) is 16.6. The monoisotopic (exact) mass is 343 g/mol. The summed E-state index contributed by atoms with van der Waals surface area (Å²) in [5, 5.41) is 0. The lowest BCUT2D eigenvalue weighted by Gasteiger charge is -2.09. The maximum Gasteiger partial charge on any atom is 0.262 e. The molecule has 1 aliphatic heterocycles. The number of fused-ring (bicyclic) bond motifs is 1. The fraction of sp³-hybridized carbons (Fsp3) is 0.0625. The average molecular weight is 343 g/mol. The van der Waals surface area contributed by atoms with Gasteiger partial charge in [-0.2, -0.15) is 0 Å². The predicted octanol–water partition coefficient (Wildman–Crippen LogP) is 2.61. The van der Waals surface area contributed by atoms with Crippen molar-refractivity contribution < 1.29 is 17.9 Å². The lowest BCUT2D eigenvalue weighted by molar-refractivity contribution is 0.174. The van der Waals surface area contributed by atoms with E-state index >= 15 is 0 Å². The highest BCUT2D eigenvalue weighted by molar-refractivity contribution is 7.92. The fourth-order valence-electron chi connectivity index (χ4n) is 2.39. The van der Waals surface area contributed by atoms with Crippen molar-refractivity contribution in [2.24, 2.45) is 0 Å². The highest BCUT2D eigenvalue weighted by Crippen LogP contribution is 2.34. The predicted molar refractivity (Wildman–Crippen MR) is 87.4 cm³/mol. The topological polar surface area (TPSA) is 93.3 Å². The van der Waals surface area contributed by atoms with Gasteiger partial charge in [0.2, 0.25) is 6.79 Å². The molecule has 2 heterocycles. The molecule has 24 heavy (non-hydrogen) atoms. The van der Waals surface area contributed by atoms with E-state index in [1.165, 1.54) is 12.1 Å². The SMILES string of the molecule is O=S(=O)(Nc1ccc(-c2cnc[nH]2)cc1)c1ccc2c(c1)OCO2. The van der Waals surface area contributed by atoms with Crippen LogP contribution in [0.15, 0.2) is 59.9 Å². The van der Waals surface area contributed by atoms with Gasteiger partial charge in [0, 0.05) is 11.8 Å². The third kappa shape index (κ3) is 2.67. The minimum Gasteiger partial charge on any atom is -0.454 e. The van der Waals surface area contributed by atoms with E-state index < -0.39 is 10.0 Å². The molecule has 0 unspecified atom stereocenters. The Morgan fingerprint density at radius 3 is 2.58 bits per heavy atom. The Bertz CT molecular complexity index is 967. The molecule has 0 aliphatic carbocycles. The summed E-state index contributed by atoms with van der Waals surface area (Å²) in [4.78, 5) is 7.07. The first kappa shape index (κ1) is 14.6. The second kappa shape index (κ2) is 5.57. The maximum atomic E-state index is 12.5. The van der Waals surface area contributed by atoms with Crippen LogP contribution in [0.25, 0.3) is 11.3 Å². The Hall–Kier alpha value is -3.00. The average Bonchev–Trinajstić information content (AvgIpc) is 3.26. The standard InChI is InChI=1S/C16H13N3O4S/c20-24(21,13-5-6-15-16(7-13)23-10-22-15)19-12-3-1-11(2-4-12)14-8-17-9-18-14/h1-9,19H,10H2,(H,17,18). The number of aromatic nitrogens is 2. The molecule has 0 saturated carbocycles. The van der Waals surface area contributed by atoms with Crippen molar-refractivity contribution in [3.8, 4) is 22.8 Å². The van der Waals surface area contributed by atoms with Crippen LogP contribution >= 0.6 is 0 Å². The largest absolute Gasteiger partial charge is 0.454 e. The summed E-state index contributed by atoms with van der Waals surface area (Å²) in [5.74, 6) is 0.963. The van der Waals surface area contributed by atoms with Crippen molar-refractivity contribution in [1.29, 1.82) is 0 Å². The van der Waals surface area contributed by atoms with Gasteiger partial charge in [-0.15, -0.1) is 0 Å². The molecule has 0 saturated heterocycles. The van der Waals surface area contributed by atoms with E-state index in [2.05, 4.69) is 14.7 Å². The van der Waals surface area contributed by atoms with Gasteiger partial charge in [-0.1, -0.05) is 12.1 Å². The molecule has 4 rings (SSSR count). The first-order valence-corrected chi connectivity index (χ1v) is 8.61. The van der Waals surface area contributed by atoms with Crippen LogP contribution in [0.4, 0.5) is 5.69 Å². The number of nitrogens with zero attached hydrogens (tertiary/aromatic N) is 1. The molecular formula is C16H13N3O4S. The third-order valence-corrected chi connectivity index (χ3v) is 4.98. The zero-order valence-corrected chi connectivity index (χ0v) is 13.2. The lowest BCUT2D eigenvalue weighted by Crippen LogP contribution is -2.12. The molecule has 3 aromatic rings. The minimum atomic E-state index is -3.71. The highest BCUT2D eigenvalue weighted by Gasteiger charge is 2.20. The fourth-order valence-corrected chi connectivity index (χ4v) is 3.46. The van der Waals surface area contributed by atoms with E-state index in [4.69, 9.17) is 9.47 Å². The van der Waals surface area contributed by atoms with Gasteiger partial charge in [-0.3, -0.25) is 4.72 Å². The van der Waals surface area contributed by atoms with Crippen LogP contribution < -0.4 is 14.2 Å². The van der Waals surface area contributed by atoms with E-state index in [-0.39, 0.29) is 11.7 Å². The van der Waals surface area contributed by atoms with Crippen LogP contribution in [0.2, 0.25) is 0 Å². The number of hydrogen-bond acceptors (Lipinski definition) is 5. The summed E-state index contributed by atoms with van der Waals surface area (Å²) in [6.07, 6.45) is 3.29. The number of hydrogen-bond donors (Lipinski definition) is 2. The minimum absolute atomic E-state index is 0.0985. The number of aromatic amines is 1. The Balaban J connectivity index is 1.57. The molecule has 7 nitrogen and oxygen atoms in total. The first-order chi connectivity index (χ1) is 11.6. The number of nitrogens with one attached hydrogen (secondary N) is 2. The number of ether oxygens (including phenoxy) is 2. The zero-order valence-electron chi connectivity index (χ0n) is 12.4. The Morgan fingerprint density at radius 2 is 1.83 bits per heavy atom. The summed E-state index contributed by atoms with van der Waals surface area (Å²) in [6, 6.07) is 11.5. The quantitative estimate of drug-likeness (QED) is 0.759. The van der Waals surface area contributed by atoms with Gasteiger partial charge in [0.1, 0.15) is 0 Å². The van der Waals surface area contributed by atoms with Crippen LogP contribution in [0, 0.1) is 0 Å².